The number of anilines is 1. The lowest BCUT2D eigenvalue weighted by atomic mass is 10.1. The molecule has 20 heavy (non-hydrogen) atoms. The molecular formula is C13H20N4O2S. The normalized spacial score (nSPS) is 28.4. The summed E-state index contributed by atoms with van der Waals surface area (Å²) >= 11 is 1.49. The largest absolute Gasteiger partial charge is 0.480 e. The zero-order chi connectivity index (χ0) is 14.3. The maximum absolute atomic E-state index is 10.9. The molecule has 1 aromatic rings. The van der Waals surface area contributed by atoms with E-state index in [4.69, 9.17) is 10.8 Å². The number of thiazole rings is 1. The molecule has 1 aromatic heterocycles. The first-order valence-electron chi connectivity index (χ1n) is 7.00. The fourth-order valence-corrected chi connectivity index (χ4v) is 4.10. The van der Waals surface area contributed by atoms with Gasteiger partial charge in [-0.2, -0.15) is 0 Å². The van der Waals surface area contributed by atoms with Gasteiger partial charge in [-0.3, -0.25) is 9.69 Å². The van der Waals surface area contributed by atoms with Crippen LogP contribution in [0.3, 0.4) is 0 Å². The molecule has 2 aliphatic heterocycles. The van der Waals surface area contributed by atoms with Crippen molar-refractivity contribution in [1.29, 1.82) is 0 Å². The van der Waals surface area contributed by atoms with Gasteiger partial charge in [0.05, 0.1) is 5.69 Å². The van der Waals surface area contributed by atoms with E-state index in [0.29, 0.717) is 17.8 Å². The molecule has 0 aliphatic carbocycles. The van der Waals surface area contributed by atoms with Crippen LogP contribution in [-0.2, 0) is 4.79 Å². The lowest BCUT2D eigenvalue weighted by Gasteiger charge is -2.42. The van der Waals surface area contributed by atoms with Crippen LogP contribution in [0.5, 0.6) is 0 Å². The molecule has 6 nitrogen and oxygen atoms in total. The number of hydrogen-bond acceptors (Lipinski definition) is 6. The fraction of sp³-hybridized carbons (Fsp3) is 0.692. The summed E-state index contributed by atoms with van der Waals surface area (Å²) in [7, 11) is 0. The van der Waals surface area contributed by atoms with Gasteiger partial charge < -0.3 is 15.7 Å². The molecule has 0 saturated carbocycles. The number of aromatic nitrogens is 1. The van der Waals surface area contributed by atoms with Gasteiger partial charge in [-0.15, -0.1) is 11.3 Å². The quantitative estimate of drug-likeness (QED) is 0.862. The SMILES string of the molecule is CC1CN2CCCC2CN1c1nc(C(N)C(=O)O)cs1. The van der Waals surface area contributed by atoms with Crippen LogP contribution in [0.2, 0.25) is 0 Å². The zero-order valence-corrected chi connectivity index (χ0v) is 12.3. The van der Waals surface area contributed by atoms with Crippen LogP contribution in [0.15, 0.2) is 5.38 Å². The van der Waals surface area contributed by atoms with Crippen LogP contribution in [0.4, 0.5) is 5.13 Å². The zero-order valence-electron chi connectivity index (χ0n) is 11.5. The Bertz CT molecular complexity index is 506. The average molecular weight is 296 g/mol. The summed E-state index contributed by atoms with van der Waals surface area (Å²) in [6.45, 7) is 5.45. The Morgan fingerprint density at radius 3 is 3.15 bits per heavy atom. The van der Waals surface area contributed by atoms with E-state index in [0.717, 1.165) is 18.2 Å². The second-order valence-corrected chi connectivity index (χ2v) is 6.50. The number of nitrogens with zero attached hydrogens (tertiary/aromatic N) is 3. The number of aliphatic carboxylic acids is 1. The van der Waals surface area contributed by atoms with E-state index in [-0.39, 0.29) is 0 Å². The van der Waals surface area contributed by atoms with Gasteiger partial charge in [-0.25, -0.2) is 4.98 Å². The molecular weight excluding hydrogens is 276 g/mol. The van der Waals surface area contributed by atoms with Gasteiger partial charge in [-0.05, 0) is 26.3 Å². The molecule has 3 heterocycles. The van der Waals surface area contributed by atoms with Crippen molar-refractivity contribution >= 4 is 22.4 Å². The van der Waals surface area contributed by atoms with Gasteiger partial charge in [-0.1, -0.05) is 0 Å². The molecule has 3 unspecified atom stereocenters. The van der Waals surface area contributed by atoms with Crippen molar-refractivity contribution in [3.63, 3.8) is 0 Å². The minimum absolute atomic E-state index is 0.407. The smallest absolute Gasteiger partial charge is 0.326 e. The second-order valence-electron chi connectivity index (χ2n) is 5.66. The second kappa shape index (κ2) is 5.31. The molecule has 0 amide bonds. The first-order chi connectivity index (χ1) is 9.56. The third-order valence-corrected chi connectivity index (χ3v) is 5.17. The summed E-state index contributed by atoms with van der Waals surface area (Å²) in [4.78, 5) is 20.2. The van der Waals surface area contributed by atoms with E-state index in [9.17, 15) is 4.79 Å². The first-order valence-corrected chi connectivity index (χ1v) is 7.88. The Morgan fingerprint density at radius 1 is 1.60 bits per heavy atom. The number of fused-ring (bicyclic) bond motifs is 1. The Kier molecular flexibility index (Phi) is 3.66. The van der Waals surface area contributed by atoms with Crippen molar-refractivity contribution in [3.8, 4) is 0 Å². The standard InChI is InChI=1S/C13H20N4O2S/c1-8-5-16-4-2-3-9(16)6-17(8)13-15-10(7-20-13)11(14)12(18)19/h7-9,11H,2-6,14H2,1H3,(H,18,19). The first kappa shape index (κ1) is 13.8. The van der Waals surface area contributed by atoms with Crippen LogP contribution in [-0.4, -0.2) is 52.7 Å². The van der Waals surface area contributed by atoms with E-state index in [2.05, 4.69) is 21.7 Å². The minimum atomic E-state index is -1.03. The minimum Gasteiger partial charge on any atom is -0.480 e. The summed E-state index contributed by atoms with van der Waals surface area (Å²) in [6.07, 6.45) is 2.52. The van der Waals surface area contributed by atoms with Crippen molar-refractivity contribution < 1.29 is 9.90 Å². The van der Waals surface area contributed by atoms with Crippen LogP contribution in [0.25, 0.3) is 0 Å². The lowest BCUT2D eigenvalue weighted by molar-refractivity contribution is -0.138. The summed E-state index contributed by atoms with van der Waals surface area (Å²) in [5.74, 6) is -1.03. The molecule has 2 aliphatic rings. The summed E-state index contributed by atoms with van der Waals surface area (Å²) in [6, 6.07) is -0.000763. The number of piperazine rings is 1. The Morgan fingerprint density at radius 2 is 2.40 bits per heavy atom. The molecule has 0 spiro atoms. The molecule has 0 aromatic carbocycles. The van der Waals surface area contributed by atoms with Crippen LogP contribution < -0.4 is 10.6 Å². The van der Waals surface area contributed by atoms with Crippen LogP contribution in [0, 0.1) is 0 Å². The van der Waals surface area contributed by atoms with E-state index < -0.39 is 12.0 Å². The van der Waals surface area contributed by atoms with Crippen molar-refractivity contribution in [1.82, 2.24) is 9.88 Å². The highest BCUT2D eigenvalue weighted by atomic mass is 32.1. The average Bonchev–Trinajstić information content (AvgIpc) is 3.04. The molecule has 3 atom stereocenters. The Balaban J connectivity index is 1.77. The Labute approximate surface area is 122 Å². The molecule has 0 radical (unpaired) electrons. The number of carboxylic acid groups (broad SMARTS) is 1. The monoisotopic (exact) mass is 296 g/mol. The maximum Gasteiger partial charge on any atom is 0.326 e. The number of nitrogens with two attached hydrogens (primary N) is 1. The number of hydrogen-bond donors (Lipinski definition) is 2. The van der Waals surface area contributed by atoms with Crippen molar-refractivity contribution in [2.45, 2.75) is 37.9 Å². The summed E-state index contributed by atoms with van der Waals surface area (Å²) in [5, 5.41) is 11.6. The summed E-state index contributed by atoms with van der Waals surface area (Å²) < 4.78 is 0. The number of carbonyl (C=O) groups is 1. The van der Waals surface area contributed by atoms with Gasteiger partial charge in [0.25, 0.3) is 0 Å². The molecule has 2 fully saturated rings. The van der Waals surface area contributed by atoms with Crippen molar-refractivity contribution in [2.75, 3.05) is 24.5 Å². The van der Waals surface area contributed by atoms with Gasteiger partial charge in [0.1, 0.15) is 6.04 Å². The third-order valence-electron chi connectivity index (χ3n) is 4.28. The van der Waals surface area contributed by atoms with E-state index >= 15 is 0 Å². The van der Waals surface area contributed by atoms with Gasteiger partial charge in [0, 0.05) is 30.6 Å². The highest BCUT2D eigenvalue weighted by Crippen LogP contribution is 2.31. The Hall–Kier alpha value is -1.18. The molecule has 2 saturated heterocycles. The molecule has 110 valence electrons. The highest BCUT2D eigenvalue weighted by molar-refractivity contribution is 7.13. The predicted molar refractivity (Wildman–Crippen MR) is 78.1 cm³/mol. The molecule has 0 bridgehead atoms. The number of rotatable bonds is 3. The van der Waals surface area contributed by atoms with Gasteiger partial charge >= 0.3 is 5.97 Å². The van der Waals surface area contributed by atoms with Gasteiger partial charge in [0.2, 0.25) is 0 Å². The van der Waals surface area contributed by atoms with Crippen molar-refractivity contribution in [3.05, 3.63) is 11.1 Å². The van der Waals surface area contributed by atoms with Crippen LogP contribution >= 0.6 is 11.3 Å². The molecule has 7 heteroatoms. The van der Waals surface area contributed by atoms with E-state index in [1.54, 1.807) is 5.38 Å². The van der Waals surface area contributed by atoms with E-state index in [1.165, 1.54) is 30.7 Å². The lowest BCUT2D eigenvalue weighted by Crippen LogP contribution is -2.55. The topological polar surface area (TPSA) is 82.7 Å². The summed E-state index contributed by atoms with van der Waals surface area (Å²) in [5.41, 5.74) is 6.08. The number of carboxylic acids is 1. The van der Waals surface area contributed by atoms with Crippen molar-refractivity contribution in [2.24, 2.45) is 5.73 Å². The van der Waals surface area contributed by atoms with Gasteiger partial charge in [0.15, 0.2) is 5.13 Å². The fourth-order valence-electron chi connectivity index (χ4n) is 3.13. The molecule has 3 rings (SSSR count). The maximum atomic E-state index is 10.9. The van der Waals surface area contributed by atoms with E-state index in [1.807, 2.05) is 0 Å². The predicted octanol–water partition coefficient (Wildman–Crippen LogP) is 0.900. The molecule has 3 N–H and O–H groups in total. The third kappa shape index (κ3) is 2.41. The van der Waals surface area contributed by atoms with Crippen LogP contribution in [0.1, 0.15) is 31.5 Å². The highest BCUT2D eigenvalue weighted by Gasteiger charge is 2.35.